The van der Waals surface area contributed by atoms with Gasteiger partial charge in [-0.05, 0) is 44.0 Å². The molecule has 1 aromatic carbocycles. The Labute approximate surface area is 186 Å². The van der Waals surface area contributed by atoms with E-state index in [-0.39, 0.29) is 5.56 Å². The van der Waals surface area contributed by atoms with Gasteiger partial charge in [-0.2, -0.15) is 13.2 Å². The molecule has 0 fully saturated rings. The minimum atomic E-state index is -4.50. The number of amides is 1. The Morgan fingerprint density at radius 2 is 1.84 bits per heavy atom. The molecule has 1 unspecified atom stereocenters. The highest BCUT2D eigenvalue weighted by Crippen LogP contribution is 2.44. The maximum Gasteiger partial charge on any atom is 0.408 e. The molecule has 3 rings (SSSR count). The predicted octanol–water partition coefficient (Wildman–Crippen LogP) is 4.67. The lowest BCUT2D eigenvalue weighted by Crippen LogP contribution is -2.43. The van der Waals surface area contributed by atoms with Gasteiger partial charge >= 0.3 is 6.18 Å². The molecule has 2 heterocycles. The summed E-state index contributed by atoms with van der Waals surface area (Å²) in [5, 5.41) is 21.5. The van der Waals surface area contributed by atoms with Crippen LogP contribution in [0.4, 0.5) is 19.0 Å². The predicted molar refractivity (Wildman–Crippen MR) is 118 cm³/mol. The standard InChI is InChI=1S/C21H21F3N6OS/c1-10(11(2)25)15-16-17(32-18(15)26)19(29-9-28-16)27-8-13-4-6-14(7-5-13)20(31)30-12(3)21(22,23)24/h4-7,9,12,25-26H,8H2,1-3H3,(H,30,31)(H,27,28,29)/b15-10-,25-11?,26-18?. The minimum Gasteiger partial charge on any atom is -0.365 e. The number of carbonyl (C=O) groups is 1. The number of carbonyl (C=O) groups excluding carboxylic acids is 1. The highest BCUT2D eigenvalue weighted by Gasteiger charge is 2.37. The van der Waals surface area contributed by atoms with Crippen LogP contribution in [0.25, 0.3) is 5.57 Å². The summed E-state index contributed by atoms with van der Waals surface area (Å²) in [7, 11) is 0. The summed E-state index contributed by atoms with van der Waals surface area (Å²) in [5.74, 6) is -0.259. The first-order valence-electron chi connectivity index (χ1n) is 9.58. The van der Waals surface area contributed by atoms with Gasteiger partial charge in [0.1, 0.15) is 23.2 Å². The van der Waals surface area contributed by atoms with E-state index in [1.807, 2.05) is 5.32 Å². The number of hydrogen-bond donors (Lipinski definition) is 4. The quantitative estimate of drug-likeness (QED) is 0.466. The number of allylic oxidation sites excluding steroid dienone is 1. The molecule has 0 aliphatic carbocycles. The highest BCUT2D eigenvalue weighted by molar-refractivity contribution is 8.15. The van der Waals surface area contributed by atoms with E-state index in [1.54, 1.807) is 26.0 Å². The molecule has 0 saturated heterocycles. The van der Waals surface area contributed by atoms with E-state index in [9.17, 15) is 18.0 Å². The first kappa shape index (κ1) is 23.5. The summed E-state index contributed by atoms with van der Waals surface area (Å²) >= 11 is 1.22. The van der Waals surface area contributed by atoms with Crippen LogP contribution < -0.4 is 10.6 Å². The molecule has 2 aromatic rings. The molecule has 1 amide bonds. The van der Waals surface area contributed by atoms with Crippen molar-refractivity contribution in [3.63, 3.8) is 0 Å². The normalized spacial score (nSPS) is 15.8. The number of nitrogens with zero attached hydrogens (tertiary/aromatic N) is 2. The average molecular weight is 463 g/mol. The average Bonchev–Trinajstić information content (AvgIpc) is 3.07. The van der Waals surface area contributed by atoms with Gasteiger partial charge in [0.15, 0.2) is 0 Å². The van der Waals surface area contributed by atoms with E-state index in [1.165, 1.54) is 30.2 Å². The third-order valence-electron chi connectivity index (χ3n) is 4.92. The third-order valence-corrected chi connectivity index (χ3v) is 5.92. The molecule has 1 aromatic heterocycles. The van der Waals surface area contributed by atoms with E-state index in [0.717, 1.165) is 12.5 Å². The van der Waals surface area contributed by atoms with E-state index in [0.29, 0.717) is 44.9 Å². The van der Waals surface area contributed by atoms with Crippen LogP contribution in [-0.2, 0) is 6.54 Å². The number of thioether (sulfide) groups is 1. The van der Waals surface area contributed by atoms with Crippen molar-refractivity contribution in [1.82, 2.24) is 15.3 Å². The number of benzene rings is 1. The van der Waals surface area contributed by atoms with Gasteiger partial charge in [-0.25, -0.2) is 9.97 Å². The maximum absolute atomic E-state index is 12.6. The zero-order valence-corrected chi connectivity index (χ0v) is 18.3. The molecule has 0 radical (unpaired) electrons. The number of fused-ring (bicyclic) bond motifs is 1. The van der Waals surface area contributed by atoms with Crippen molar-refractivity contribution in [3.8, 4) is 0 Å². The molecule has 4 N–H and O–H groups in total. The Balaban J connectivity index is 1.72. The molecule has 32 heavy (non-hydrogen) atoms. The van der Waals surface area contributed by atoms with Crippen molar-refractivity contribution in [2.45, 2.75) is 44.4 Å². The molecule has 11 heteroatoms. The molecular weight excluding hydrogens is 441 g/mol. The van der Waals surface area contributed by atoms with Crippen molar-refractivity contribution < 1.29 is 18.0 Å². The lowest BCUT2D eigenvalue weighted by atomic mass is 10.0. The molecule has 168 valence electrons. The summed E-state index contributed by atoms with van der Waals surface area (Å²) in [6.07, 6.45) is -3.11. The van der Waals surface area contributed by atoms with Crippen molar-refractivity contribution in [3.05, 3.63) is 53.0 Å². The molecule has 1 aliphatic rings. The molecule has 0 bridgehead atoms. The largest absolute Gasteiger partial charge is 0.408 e. The van der Waals surface area contributed by atoms with Crippen molar-refractivity contribution in [1.29, 1.82) is 10.8 Å². The van der Waals surface area contributed by atoms with Gasteiger partial charge in [0.05, 0.1) is 10.6 Å². The van der Waals surface area contributed by atoms with Crippen molar-refractivity contribution in [2.75, 3.05) is 5.32 Å². The van der Waals surface area contributed by atoms with Crippen LogP contribution in [0.2, 0.25) is 0 Å². The van der Waals surface area contributed by atoms with Gasteiger partial charge in [0.25, 0.3) is 5.91 Å². The van der Waals surface area contributed by atoms with Gasteiger partial charge in [0, 0.05) is 23.4 Å². The van der Waals surface area contributed by atoms with Crippen LogP contribution in [0.1, 0.15) is 42.4 Å². The Bertz CT molecular complexity index is 1110. The number of rotatable bonds is 6. The second kappa shape index (κ2) is 9.11. The van der Waals surface area contributed by atoms with Crippen LogP contribution in [0.3, 0.4) is 0 Å². The van der Waals surface area contributed by atoms with Crippen LogP contribution in [0.5, 0.6) is 0 Å². The minimum absolute atomic E-state index is 0.129. The first-order valence-corrected chi connectivity index (χ1v) is 10.4. The van der Waals surface area contributed by atoms with Crippen LogP contribution in [0.15, 0.2) is 41.1 Å². The van der Waals surface area contributed by atoms with Gasteiger partial charge < -0.3 is 16.0 Å². The van der Waals surface area contributed by atoms with Crippen molar-refractivity contribution >= 4 is 39.8 Å². The molecule has 1 atom stereocenters. The number of nitrogens with one attached hydrogen (secondary N) is 4. The van der Waals surface area contributed by atoms with E-state index in [4.69, 9.17) is 10.8 Å². The van der Waals surface area contributed by atoms with Crippen molar-refractivity contribution in [2.24, 2.45) is 0 Å². The smallest absolute Gasteiger partial charge is 0.365 e. The van der Waals surface area contributed by atoms with Crippen LogP contribution >= 0.6 is 11.8 Å². The lowest BCUT2D eigenvalue weighted by molar-refractivity contribution is -0.149. The lowest BCUT2D eigenvalue weighted by Gasteiger charge is -2.17. The molecular formula is C21H21F3N6OS. The SMILES string of the molecule is CC(=N)/C(C)=C1\C(=N)Sc2c(NCc3ccc(C(=O)NC(C)C(F)(F)F)cc3)ncnc21. The summed E-state index contributed by atoms with van der Waals surface area (Å²) in [6, 6.07) is 4.27. The number of anilines is 1. The Hall–Kier alpha value is -3.21. The summed E-state index contributed by atoms with van der Waals surface area (Å²) in [5.41, 5.74) is 3.18. The molecule has 7 nitrogen and oxygen atoms in total. The van der Waals surface area contributed by atoms with E-state index >= 15 is 0 Å². The zero-order valence-electron chi connectivity index (χ0n) is 17.5. The number of alkyl halides is 3. The Morgan fingerprint density at radius 1 is 1.19 bits per heavy atom. The fraction of sp³-hybridized carbons (Fsp3) is 0.286. The van der Waals surface area contributed by atoms with Gasteiger partial charge in [0.2, 0.25) is 0 Å². The van der Waals surface area contributed by atoms with Gasteiger partial charge in [-0.1, -0.05) is 23.9 Å². The Morgan fingerprint density at radius 3 is 2.44 bits per heavy atom. The highest BCUT2D eigenvalue weighted by atomic mass is 32.2. The van der Waals surface area contributed by atoms with Crippen LogP contribution in [0, 0.1) is 10.8 Å². The second-order valence-electron chi connectivity index (χ2n) is 7.24. The Kier molecular flexibility index (Phi) is 6.68. The third kappa shape index (κ3) is 4.98. The summed E-state index contributed by atoms with van der Waals surface area (Å²) in [4.78, 5) is 21.2. The second-order valence-corrected chi connectivity index (χ2v) is 8.26. The topological polar surface area (TPSA) is 115 Å². The molecule has 0 saturated carbocycles. The zero-order chi connectivity index (χ0) is 23.6. The maximum atomic E-state index is 12.6. The molecule has 1 aliphatic heterocycles. The summed E-state index contributed by atoms with van der Waals surface area (Å²) < 4.78 is 37.8. The number of hydrogen-bond acceptors (Lipinski definition) is 7. The molecule has 0 spiro atoms. The van der Waals surface area contributed by atoms with Crippen LogP contribution in [-0.4, -0.2) is 38.8 Å². The fourth-order valence-corrected chi connectivity index (χ4v) is 3.92. The van der Waals surface area contributed by atoms with Gasteiger partial charge in [-0.3, -0.25) is 10.2 Å². The van der Waals surface area contributed by atoms with E-state index < -0.39 is 18.1 Å². The number of halogens is 3. The summed E-state index contributed by atoms with van der Waals surface area (Å²) in [6.45, 7) is 4.68. The monoisotopic (exact) mass is 462 g/mol. The van der Waals surface area contributed by atoms with E-state index in [2.05, 4.69) is 15.3 Å². The number of aromatic nitrogens is 2. The fourth-order valence-electron chi connectivity index (χ4n) is 2.89. The van der Waals surface area contributed by atoms with Gasteiger partial charge in [-0.15, -0.1) is 0 Å². The first-order chi connectivity index (χ1) is 15.0.